The van der Waals surface area contributed by atoms with E-state index < -0.39 is 11.9 Å². The van der Waals surface area contributed by atoms with Crippen LogP contribution in [0.15, 0.2) is 18.3 Å². The van der Waals surface area contributed by atoms with E-state index in [-0.39, 0.29) is 6.03 Å². The first kappa shape index (κ1) is 18.3. The minimum absolute atomic E-state index is 0.329. The van der Waals surface area contributed by atoms with Crippen LogP contribution in [-0.4, -0.2) is 39.4 Å². The van der Waals surface area contributed by atoms with Gasteiger partial charge in [0.15, 0.2) is 5.13 Å². The summed E-state index contributed by atoms with van der Waals surface area (Å²) in [6, 6.07) is 3.13. The van der Waals surface area contributed by atoms with E-state index >= 15 is 0 Å². The second-order valence-corrected chi connectivity index (χ2v) is 7.74. The number of hydrogen-bond donors (Lipinski definition) is 2. The Morgan fingerprint density at radius 3 is 2.88 bits per heavy atom. The summed E-state index contributed by atoms with van der Waals surface area (Å²) in [5, 5.41) is 3.32. The summed E-state index contributed by atoms with van der Waals surface area (Å²) in [6.07, 6.45) is 3.18. The number of aryl methyl sites for hydroxylation is 1. The van der Waals surface area contributed by atoms with Crippen molar-refractivity contribution in [3.63, 3.8) is 0 Å². The minimum Gasteiger partial charge on any atom is -0.368 e. The minimum atomic E-state index is -0.538. The summed E-state index contributed by atoms with van der Waals surface area (Å²) in [4.78, 5) is 35.3. The molecule has 0 bridgehead atoms. The maximum Gasteiger partial charge on any atom is 0.324 e. The first-order valence-electron chi connectivity index (χ1n) is 8.67. The number of carbonyl (C=O) groups excluding carboxylic acids is 2. The van der Waals surface area contributed by atoms with Crippen LogP contribution in [0.5, 0.6) is 0 Å². The summed E-state index contributed by atoms with van der Waals surface area (Å²) >= 11 is 1.42. The largest absolute Gasteiger partial charge is 0.368 e. The highest BCUT2D eigenvalue weighted by Crippen LogP contribution is 2.34. The van der Waals surface area contributed by atoms with E-state index in [0.29, 0.717) is 24.0 Å². The lowest BCUT2D eigenvalue weighted by molar-refractivity contribution is -0.121. The Bertz CT molecular complexity index is 833. The Labute approximate surface area is 156 Å². The van der Waals surface area contributed by atoms with Crippen molar-refractivity contribution in [2.24, 2.45) is 5.73 Å². The van der Waals surface area contributed by atoms with Gasteiger partial charge in [0.25, 0.3) is 0 Å². The fourth-order valence-corrected chi connectivity index (χ4v) is 4.04. The number of anilines is 1. The fourth-order valence-electron chi connectivity index (χ4n) is 3.09. The number of nitrogens with one attached hydrogen (secondary N) is 1. The predicted molar refractivity (Wildman–Crippen MR) is 102 cm³/mol. The molecule has 3 heterocycles. The van der Waals surface area contributed by atoms with Gasteiger partial charge in [-0.1, -0.05) is 25.2 Å². The van der Waals surface area contributed by atoms with Gasteiger partial charge < -0.3 is 10.6 Å². The maximum absolute atomic E-state index is 12.5. The third kappa shape index (κ3) is 3.70. The van der Waals surface area contributed by atoms with Crippen molar-refractivity contribution in [3.8, 4) is 10.4 Å². The number of aromatic nitrogens is 2. The van der Waals surface area contributed by atoms with Crippen LogP contribution in [0.1, 0.15) is 44.0 Å². The molecule has 3 N–H and O–H groups in total. The van der Waals surface area contributed by atoms with Crippen molar-refractivity contribution in [2.45, 2.75) is 45.6 Å². The number of rotatable bonds is 4. The van der Waals surface area contributed by atoms with Crippen molar-refractivity contribution >= 4 is 28.4 Å². The molecule has 3 rings (SSSR count). The number of pyridine rings is 1. The lowest BCUT2D eigenvalue weighted by Crippen LogP contribution is -2.45. The molecule has 7 nitrogen and oxygen atoms in total. The molecule has 1 saturated heterocycles. The zero-order chi connectivity index (χ0) is 18.8. The van der Waals surface area contributed by atoms with E-state index in [1.54, 1.807) is 6.20 Å². The molecule has 1 aliphatic heterocycles. The average Bonchev–Trinajstić information content (AvgIpc) is 3.21. The van der Waals surface area contributed by atoms with Gasteiger partial charge in [-0.2, -0.15) is 0 Å². The third-order valence-corrected chi connectivity index (χ3v) is 5.61. The van der Waals surface area contributed by atoms with Gasteiger partial charge in [0.1, 0.15) is 6.04 Å². The van der Waals surface area contributed by atoms with Crippen LogP contribution >= 0.6 is 11.3 Å². The quantitative estimate of drug-likeness (QED) is 0.859. The summed E-state index contributed by atoms with van der Waals surface area (Å²) in [7, 11) is 0. The molecule has 0 radical (unpaired) electrons. The monoisotopic (exact) mass is 373 g/mol. The second kappa shape index (κ2) is 7.41. The second-order valence-electron chi connectivity index (χ2n) is 6.74. The molecular formula is C18H23N5O2S. The normalized spacial score (nSPS) is 16.9. The molecule has 0 unspecified atom stereocenters. The van der Waals surface area contributed by atoms with Gasteiger partial charge >= 0.3 is 6.03 Å². The molecule has 2 aromatic rings. The number of likely N-dealkylation sites (tertiary alicyclic amines) is 1. The van der Waals surface area contributed by atoms with Crippen molar-refractivity contribution in [1.82, 2.24) is 14.9 Å². The molecule has 3 amide bonds. The van der Waals surface area contributed by atoms with E-state index in [1.807, 2.05) is 13.0 Å². The Hall–Kier alpha value is -2.48. The smallest absolute Gasteiger partial charge is 0.324 e. The van der Waals surface area contributed by atoms with Crippen molar-refractivity contribution in [2.75, 3.05) is 11.9 Å². The van der Waals surface area contributed by atoms with Gasteiger partial charge in [0.2, 0.25) is 5.91 Å². The SMILES string of the molecule is Cc1nc(NC(=O)N2CCC[C@H]2C(N)=O)sc1-c1ccnc(C(C)C)c1. The summed E-state index contributed by atoms with van der Waals surface area (Å²) < 4.78 is 0. The van der Waals surface area contributed by atoms with Crippen LogP contribution in [0, 0.1) is 6.92 Å². The number of primary amides is 1. The molecule has 0 aliphatic carbocycles. The molecule has 0 spiro atoms. The molecule has 0 saturated carbocycles. The molecule has 26 heavy (non-hydrogen) atoms. The molecular weight excluding hydrogens is 350 g/mol. The lowest BCUT2D eigenvalue weighted by atomic mass is 10.1. The highest BCUT2D eigenvalue weighted by Gasteiger charge is 2.33. The number of carbonyl (C=O) groups is 2. The van der Waals surface area contributed by atoms with E-state index in [1.165, 1.54) is 16.2 Å². The topological polar surface area (TPSA) is 101 Å². The van der Waals surface area contributed by atoms with Gasteiger partial charge in [-0.05, 0) is 43.4 Å². The Kier molecular flexibility index (Phi) is 5.22. The summed E-state index contributed by atoms with van der Waals surface area (Å²) in [5.74, 6) is -0.130. The number of nitrogens with zero attached hydrogens (tertiary/aromatic N) is 3. The van der Waals surface area contributed by atoms with Crippen molar-refractivity contribution in [3.05, 3.63) is 29.7 Å². The Morgan fingerprint density at radius 1 is 1.42 bits per heavy atom. The highest BCUT2D eigenvalue weighted by atomic mass is 32.1. The van der Waals surface area contributed by atoms with Crippen LogP contribution in [-0.2, 0) is 4.79 Å². The van der Waals surface area contributed by atoms with Gasteiger partial charge in [-0.15, -0.1) is 0 Å². The van der Waals surface area contributed by atoms with Crippen LogP contribution in [0.3, 0.4) is 0 Å². The van der Waals surface area contributed by atoms with Crippen molar-refractivity contribution < 1.29 is 9.59 Å². The molecule has 138 valence electrons. The first-order valence-corrected chi connectivity index (χ1v) is 9.49. The Balaban J connectivity index is 1.79. The van der Waals surface area contributed by atoms with E-state index in [2.05, 4.69) is 35.2 Å². The van der Waals surface area contributed by atoms with Crippen molar-refractivity contribution in [1.29, 1.82) is 0 Å². The number of nitrogens with two attached hydrogens (primary N) is 1. The van der Waals surface area contributed by atoms with Gasteiger partial charge in [-0.25, -0.2) is 9.78 Å². The summed E-state index contributed by atoms with van der Waals surface area (Å²) in [6.45, 7) is 6.64. The third-order valence-electron chi connectivity index (χ3n) is 4.49. The van der Waals surface area contributed by atoms with E-state index in [9.17, 15) is 9.59 Å². The van der Waals surface area contributed by atoms with Gasteiger partial charge in [0.05, 0.1) is 10.6 Å². The van der Waals surface area contributed by atoms with Crippen LogP contribution in [0.25, 0.3) is 10.4 Å². The molecule has 2 aromatic heterocycles. The van der Waals surface area contributed by atoms with Gasteiger partial charge in [-0.3, -0.25) is 15.1 Å². The number of thiazole rings is 1. The fraction of sp³-hybridized carbons (Fsp3) is 0.444. The van der Waals surface area contributed by atoms with Gasteiger partial charge in [0, 0.05) is 18.4 Å². The first-order chi connectivity index (χ1) is 12.4. The van der Waals surface area contributed by atoms with E-state index in [4.69, 9.17) is 5.73 Å². The number of amides is 3. The summed E-state index contributed by atoms with van der Waals surface area (Å²) in [5.41, 5.74) is 8.28. The van der Waals surface area contributed by atoms with Crippen LogP contribution in [0.4, 0.5) is 9.93 Å². The zero-order valence-electron chi connectivity index (χ0n) is 15.2. The maximum atomic E-state index is 12.5. The molecule has 8 heteroatoms. The molecule has 1 atom stereocenters. The highest BCUT2D eigenvalue weighted by molar-refractivity contribution is 7.19. The van der Waals surface area contributed by atoms with Crippen LogP contribution in [0.2, 0.25) is 0 Å². The van der Waals surface area contributed by atoms with E-state index in [0.717, 1.165) is 28.2 Å². The standard InChI is InChI=1S/C18H23N5O2S/c1-10(2)13-9-12(6-7-20-13)15-11(3)21-17(26-15)22-18(25)23-8-4-5-14(23)16(19)24/h6-7,9-10,14H,4-5,8H2,1-3H3,(H2,19,24)(H,21,22,25)/t14-/m0/s1. The van der Waals surface area contributed by atoms with Crippen LogP contribution < -0.4 is 11.1 Å². The zero-order valence-corrected chi connectivity index (χ0v) is 16.0. The Morgan fingerprint density at radius 2 is 2.19 bits per heavy atom. The average molecular weight is 373 g/mol. The predicted octanol–water partition coefficient (Wildman–Crippen LogP) is 3.12. The molecule has 0 aromatic carbocycles. The number of urea groups is 1. The lowest BCUT2D eigenvalue weighted by Gasteiger charge is -2.21. The molecule has 1 fully saturated rings. The molecule has 1 aliphatic rings. The number of hydrogen-bond acceptors (Lipinski definition) is 5.